The lowest BCUT2D eigenvalue weighted by atomic mass is 10.0. The number of halogens is 2. The average molecular weight is 416 g/mol. The van der Waals surface area contributed by atoms with E-state index in [1.165, 1.54) is 16.8 Å². The maximum absolute atomic E-state index is 14.5. The van der Waals surface area contributed by atoms with Crippen molar-refractivity contribution in [3.8, 4) is 5.69 Å². The molecule has 0 bridgehead atoms. The molecule has 160 valence electrons. The van der Waals surface area contributed by atoms with Crippen LogP contribution in [0.1, 0.15) is 46.9 Å². The van der Waals surface area contributed by atoms with E-state index in [2.05, 4.69) is 15.3 Å². The molecule has 0 spiro atoms. The first-order valence-corrected chi connectivity index (χ1v) is 10.6. The summed E-state index contributed by atoms with van der Waals surface area (Å²) in [6, 6.07) is 3.54. The number of benzene rings is 1. The third-order valence-corrected chi connectivity index (χ3v) is 6.57. The van der Waals surface area contributed by atoms with E-state index >= 15 is 0 Å². The van der Waals surface area contributed by atoms with Crippen LogP contribution in [0.15, 0.2) is 18.2 Å². The van der Waals surface area contributed by atoms with E-state index in [0.29, 0.717) is 24.1 Å². The number of likely N-dealkylation sites (tertiary alicyclic amines) is 1. The van der Waals surface area contributed by atoms with Gasteiger partial charge in [0, 0.05) is 43.8 Å². The molecule has 8 heteroatoms. The fraction of sp³-hybridized carbons (Fsp3) is 0.545. The molecule has 2 fully saturated rings. The van der Waals surface area contributed by atoms with E-state index in [1.807, 2.05) is 0 Å². The molecule has 3 aliphatic rings. The number of fused-ring (bicyclic) bond motifs is 3. The third kappa shape index (κ3) is 3.52. The Bertz CT molecular complexity index is 976. The predicted octanol–water partition coefficient (Wildman–Crippen LogP) is 2.65. The van der Waals surface area contributed by atoms with Gasteiger partial charge in [-0.15, -0.1) is 0 Å². The first-order chi connectivity index (χ1) is 14.5. The first-order valence-electron chi connectivity index (χ1n) is 10.6. The van der Waals surface area contributed by atoms with E-state index in [0.717, 1.165) is 62.6 Å². The number of carbonyl (C=O) groups is 1. The summed E-state index contributed by atoms with van der Waals surface area (Å²) in [6.07, 6.45) is 3.79. The Kier molecular flexibility index (Phi) is 5.06. The molecule has 3 atom stereocenters. The molecular weight excluding hydrogens is 390 g/mol. The molecule has 6 nitrogen and oxygen atoms in total. The molecule has 1 aromatic carbocycles. The van der Waals surface area contributed by atoms with Crippen LogP contribution in [0.5, 0.6) is 0 Å². The molecule has 2 heterocycles. The Labute approximate surface area is 174 Å². The van der Waals surface area contributed by atoms with Gasteiger partial charge in [-0.2, -0.15) is 5.10 Å². The van der Waals surface area contributed by atoms with Crippen molar-refractivity contribution in [1.29, 1.82) is 0 Å². The summed E-state index contributed by atoms with van der Waals surface area (Å²) in [4.78, 5) is 15.4. The second kappa shape index (κ2) is 7.74. The van der Waals surface area contributed by atoms with Crippen molar-refractivity contribution in [2.24, 2.45) is 5.92 Å². The van der Waals surface area contributed by atoms with Crippen LogP contribution < -0.4 is 5.32 Å². The Hall–Kier alpha value is -2.32. The summed E-state index contributed by atoms with van der Waals surface area (Å²) < 4.78 is 34.5. The van der Waals surface area contributed by atoms with Gasteiger partial charge in [-0.1, -0.05) is 0 Å². The summed E-state index contributed by atoms with van der Waals surface area (Å²) >= 11 is 0. The monoisotopic (exact) mass is 416 g/mol. The average Bonchev–Trinajstić information content (AvgIpc) is 3.22. The Balaban J connectivity index is 1.39. The smallest absolute Gasteiger partial charge is 0.272 e. The molecule has 1 aliphatic heterocycles. The number of methoxy groups -OCH3 is 1. The lowest BCUT2D eigenvalue weighted by molar-refractivity contribution is 0.0872. The van der Waals surface area contributed by atoms with Crippen molar-refractivity contribution in [3.05, 3.63) is 46.8 Å². The number of rotatable bonds is 6. The minimum atomic E-state index is -0.669. The fourth-order valence-electron chi connectivity index (χ4n) is 4.99. The second-order valence-corrected chi connectivity index (χ2v) is 8.63. The number of ether oxygens (including phenoxy) is 1. The molecule has 2 aliphatic carbocycles. The highest BCUT2D eigenvalue weighted by atomic mass is 19.1. The number of piperidine rings is 1. The third-order valence-electron chi connectivity index (χ3n) is 6.57. The number of aromatic nitrogens is 2. The molecule has 1 aromatic heterocycles. The summed E-state index contributed by atoms with van der Waals surface area (Å²) in [7, 11) is 1.69. The van der Waals surface area contributed by atoms with Crippen LogP contribution in [0, 0.1) is 17.6 Å². The van der Waals surface area contributed by atoms with E-state index < -0.39 is 11.6 Å². The predicted molar refractivity (Wildman–Crippen MR) is 107 cm³/mol. The van der Waals surface area contributed by atoms with Gasteiger partial charge in [0.25, 0.3) is 5.91 Å². The van der Waals surface area contributed by atoms with Crippen molar-refractivity contribution < 1.29 is 18.3 Å². The number of hydrogen-bond donors (Lipinski definition) is 1. The van der Waals surface area contributed by atoms with Gasteiger partial charge in [-0.25, -0.2) is 13.5 Å². The summed E-state index contributed by atoms with van der Waals surface area (Å²) in [5, 5.41) is 7.65. The zero-order chi connectivity index (χ0) is 20.8. The van der Waals surface area contributed by atoms with Crippen LogP contribution >= 0.6 is 0 Å². The lowest BCUT2D eigenvalue weighted by Gasteiger charge is -2.32. The van der Waals surface area contributed by atoms with Crippen molar-refractivity contribution in [2.75, 3.05) is 33.4 Å². The zero-order valence-electron chi connectivity index (χ0n) is 17.0. The van der Waals surface area contributed by atoms with Crippen LogP contribution in [-0.4, -0.2) is 60.0 Å². The maximum Gasteiger partial charge on any atom is 0.272 e. The molecule has 2 aromatic rings. The molecule has 1 amide bonds. The standard InChI is InChI=1S/C22H26F2N4O2/c1-30-8-7-27-6-2-3-15(12-27)25-22(29)20-17-10-13-9-16(13)21(17)28(26-20)19-5-4-14(23)11-18(19)24/h4-5,11,13,15-16H,2-3,6-10,12H2,1H3,(H,25,29)/t13-,15-,16-/m1/s1. The van der Waals surface area contributed by atoms with Gasteiger partial charge in [0.15, 0.2) is 11.5 Å². The molecule has 1 saturated carbocycles. The van der Waals surface area contributed by atoms with Crippen LogP contribution in [0.25, 0.3) is 5.69 Å². The SMILES string of the molecule is COCCN1CCC[C@@H](NC(=O)c2nn(-c3ccc(F)cc3F)c3c2C[C@H]2C[C@@H]32)C1. The van der Waals surface area contributed by atoms with Gasteiger partial charge < -0.3 is 10.1 Å². The molecule has 1 N–H and O–H groups in total. The van der Waals surface area contributed by atoms with Crippen molar-refractivity contribution in [1.82, 2.24) is 20.0 Å². The molecular formula is C22H26F2N4O2. The topological polar surface area (TPSA) is 59.4 Å². The normalized spacial score (nSPS) is 25.1. The van der Waals surface area contributed by atoms with E-state index in [9.17, 15) is 13.6 Å². The molecule has 5 rings (SSSR count). The van der Waals surface area contributed by atoms with Gasteiger partial charge in [-0.3, -0.25) is 9.69 Å². The van der Waals surface area contributed by atoms with Gasteiger partial charge in [0.05, 0.1) is 12.3 Å². The highest BCUT2D eigenvalue weighted by Gasteiger charge is 2.50. The minimum Gasteiger partial charge on any atom is -0.383 e. The van der Waals surface area contributed by atoms with Crippen LogP contribution in [0.2, 0.25) is 0 Å². The Morgan fingerprint density at radius 1 is 1.37 bits per heavy atom. The van der Waals surface area contributed by atoms with E-state index in [1.54, 1.807) is 7.11 Å². The second-order valence-electron chi connectivity index (χ2n) is 8.63. The summed E-state index contributed by atoms with van der Waals surface area (Å²) in [5.41, 5.74) is 2.42. The molecule has 0 radical (unpaired) electrons. The molecule has 1 saturated heterocycles. The summed E-state index contributed by atoms with van der Waals surface area (Å²) in [6.45, 7) is 3.31. The van der Waals surface area contributed by atoms with Crippen LogP contribution in [0.3, 0.4) is 0 Å². The van der Waals surface area contributed by atoms with E-state index in [-0.39, 0.29) is 17.6 Å². The van der Waals surface area contributed by atoms with Crippen LogP contribution in [0.4, 0.5) is 8.78 Å². The Morgan fingerprint density at radius 3 is 3.03 bits per heavy atom. The number of carbonyl (C=O) groups excluding carboxylic acids is 1. The first kappa shape index (κ1) is 19.6. The quantitative estimate of drug-likeness (QED) is 0.787. The van der Waals surface area contributed by atoms with Gasteiger partial charge >= 0.3 is 0 Å². The number of nitrogens with one attached hydrogen (secondary N) is 1. The Morgan fingerprint density at radius 2 is 2.23 bits per heavy atom. The van der Waals surface area contributed by atoms with Crippen molar-refractivity contribution >= 4 is 5.91 Å². The lowest BCUT2D eigenvalue weighted by Crippen LogP contribution is -2.48. The van der Waals surface area contributed by atoms with Crippen molar-refractivity contribution in [3.63, 3.8) is 0 Å². The summed E-state index contributed by atoms with van der Waals surface area (Å²) in [5.74, 6) is -0.668. The van der Waals surface area contributed by atoms with Crippen molar-refractivity contribution in [2.45, 2.75) is 37.6 Å². The highest BCUT2D eigenvalue weighted by molar-refractivity contribution is 5.94. The highest BCUT2D eigenvalue weighted by Crippen LogP contribution is 2.57. The van der Waals surface area contributed by atoms with E-state index in [4.69, 9.17) is 4.74 Å². The van der Waals surface area contributed by atoms with Crippen LogP contribution in [-0.2, 0) is 11.2 Å². The van der Waals surface area contributed by atoms with Gasteiger partial charge in [0.1, 0.15) is 11.5 Å². The van der Waals surface area contributed by atoms with Gasteiger partial charge in [-0.05, 0) is 50.3 Å². The minimum absolute atomic E-state index is 0.0578. The molecule has 0 unspecified atom stereocenters. The number of hydrogen-bond acceptors (Lipinski definition) is 4. The number of amides is 1. The number of nitrogens with zero attached hydrogens (tertiary/aromatic N) is 3. The maximum atomic E-state index is 14.5. The molecule has 30 heavy (non-hydrogen) atoms. The zero-order valence-corrected chi connectivity index (χ0v) is 17.0. The fourth-order valence-corrected chi connectivity index (χ4v) is 4.99. The largest absolute Gasteiger partial charge is 0.383 e. The van der Waals surface area contributed by atoms with Gasteiger partial charge in [0.2, 0.25) is 0 Å².